The van der Waals surface area contributed by atoms with Crippen molar-refractivity contribution in [3.8, 4) is 33.8 Å². The molecule has 0 saturated heterocycles. The lowest BCUT2D eigenvalue weighted by Gasteiger charge is -2.24. The molecule has 0 heterocycles. The molecule has 2 N–H and O–H groups in total. The first kappa shape index (κ1) is 49.4. The van der Waals surface area contributed by atoms with Gasteiger partial charge in [-0.25, -0.2) is 0 Å². The Kier molecular flexibility index (Phi) is 21.1. The zero-order chi connectivity index (χ0) is 43.4. The van der Waals surface area contributed by atoms with Crippen molar-refractivity contribution in [3.05, 3.63) is 106 Å². The molecule has 0 aliphatic carbocycles. The summed E-state index contributed by atoms with van der Waals surface area (Å²) in [7, 11) is 4.95. The van der Waals surface area contributed by atoms with Gasteiger partial charge in [0.1, 0.15) is 11.5 Å². The second-order valence-corrected chi connectivity index (χ2v) is 23.1. The highest BCUT2D eigenvalue weighted by molar-refractivity contribution is 7.99. The Morgan fingerprint density at radius 3 is 1.18 bits per heavy atom. The number of thioether (sulfide) groups is 2. The first-order valence-electron chi connectivity index (χ1n) is 20.4. The van der Waals surface area contributed by atoms with Gasteiger partial charge < -0.3 is 36.8 Å². The number of hydrogen-bond donors (Lipinski definition) is 2. The van der Waals surface area contributed by atoms with Crippen LogP contribution < -0.4 is 0 Å². The second kappa shape index (κ2) is 25.6. The van der Waals surface area contributed by atoms with Crippen LogP contribution in [0.4, 0.5) is 0 Å². The van der Waals surface area contributed by atoms with E-state index in [1.807, 2.05) is 61.6 Å². The summed E-state index contributed by atoms with van der Waals surface area (Å²) < 4.78 is 33.1. The second-order valence-electron chi connectivity index (χ2n) is 14.4. The van der Waals surface area contributed by atoms with E-state index in [0.29, 0.717) is 24.2 Å². The summed E-state index contributed by atoms with van der Waals surface area (Å²) in [5.41, 5.74) is 9.74. The highest BCUT2D eigenvalue weighted by Crippen LogP contribution is 2.31. The first-order chi connectivity index (χ1) is 29.0. The number of aryl methyl sites for hydroxylation is 4. The van der Waals surface area contributed by atoms with Gasteiger partial charge in [0.25, 0.3) is 0 Å². The third-order valence-corrected chi connectivity index (χ3v) is 18.3. The monoisotopic (exact) mass is 892 g/mol. The molecule has 0 radical (unpaired) electrons. The van der Waals surface area contributed by atoms with Crippen molar-refractivity contribution in [2.24, 2.45) is 9.98 Å². The van der Waals surface area contributed by atoms with Crippen molar-refractivity contribution in [2.75, 3.05) is 78.8 Å². The molecule has 0 saturated carbocycles. The molecule has 4 aromatic carbocycles. The minimum Gasteiger partial charge on any atom is -0.507 e. The maximum atomic E-state index is 10.8. The quantitative estimate of drug-likeness (QED) is 0.0340. The van der Waals surface area contributed by atoms with E-state index < -0.39 is 17.6 Å². The molecular formula is C46H64N2O8S2Si2. The molecule has 10 nitrogen and oxygen atoms in total. The van der Waals surface area contributed by atoms with Crippen molar-refractivity contribution in [2.45, 2.75) is 51.6 Å². The van der Waals surface area contributed by atoms with E-state index in [4.69, 9.17) is 26.6 Å². The first-order valence-corrected chi connectivity index (χ1v) is 26.5. The topological polar surface area (TPSA) is 121 Å². The molecule has 326 valence electrons. The summed E-state index contributed by atoms with van der Waals surface area (Å²) in [5, 5.41) is 21.7. The normalized spacial score (nSPS) is 12.3. The number of benzene rings is 4. The fourth-order valence-electron chi connectivity index (χ4n) is 6.79. The lowest BCUT2D eigenvalue weighted by atomic mass is 9.98. The predicted octanol–water partition coefficient (Wildman–Crippen LogP) is 9.67. The van der Waals surface area contributed by atoms with E-state index in [0.717, 1.165) is 94.2 Å². The molecule has 0 aliphatic heterocycles. The molecule has 14 heteroatoms. The van der Waals surface area contributed by atoms with Crippen molar-refractivity contribution in [1.82, 2.24) is 0 Å². The van der Waals surface area contributed by atoms with E-state index in [2.05, 4.69) is 58.5 Å². The van der Waals surface area contributed by atoms with Gasteiger partial charge in [-0.05, 0) is 131 Å². The number of nitrogens with zero attached hydrogens (tertiary/aromatic N) is 2. The SMILES string of the molecule is CO[Si](CCCSCCc1ccc(-c2cc(C)c(O)c(C=NCCN=Cc3cc(-c4ccc(CCSCCC[Si](OC)(OC)OC)cc4)cc(C)c3O)c2)cc1)(OC)OC. The lowest BCUT2D eigenvalue weighted by Crippen LogP contribution is -2.42. The van der Waals surface area contributed by atoms with Crippen LogP contribution in [-0.4, -0.2) is 119 Å². The lowest BCUT2D eigenvalue weighted by molar-refractivity contribution is 0.123. The minimum absolute atomic E-state index is 0.224. The summed E-state index contributed by atoms with van der Waals surface area (Å²) in [4.78, 5) is 9.16. The highest BCUT2D eigenvalue weighted by atomic mass is 32.2. The fraction of sp³-hybridized carbons (Fsp3) is 0.435. The third-order valence-electron chi connectivity index (χ3n) is 10.5. The van der Waals surface area contributed by atoms with Crippen molar-refractivity contribution in [3.63, 3.8) is 0 Å². The van der Waals surface area contributed by atoms with Gasteiger partial charge in [0.05, 0.1) is 13.1 Å². The molecule has 4 aromatic rings. The molecule has 0 aromatic heterocycles. The summed E-state index contributed by atoms with van der Waals surface area (Å²) in [6.45, 7) is 4.69. The highest BCUT2D eigenvalue weighted by Gasteiger charge is 2.37. The Labute approximate surface area is 368 Å². The summed E-state index contributed by atoms with van der Waals surface area (Å²) in [6.07, 6.45) is 7.40. The van der Waals surface area contributed by atoms with Crippen LogP contribution in [0.1, 0.15) is 46.2 Å². The Morgan fingerprint density at radius 2 is 0.850 bits per heavy atom. The Bertz CT molecular complexity index is 1800. The Balaban J connectivity index is 1.25. The third kappa shape index (κ3) is 14.7. The standard InChI is InChI=1S/C46H64N2O8S2Si2/c1-35-29-41(39-15-11-37(12-16-39)19-25-57-23-9-27-59(51-3,52-4)53-5)31-43(45(35)49)33-47-21-22-48-34-44-32-42(30-36(2)46(44)50)40-17-13-38(14-18-40)20-26-58-24-10-28-60(54-6,55-7)56-8/h11-18,29-34,49-50H,9-10,19-28H2,1-8H3. The molecule has 0 unspecified atom stereocenters. The van der Waals surface area contributed by atoms with Crippen LogP contribution >= 0.6 is 23.5 Å². The molecule has 0 bridgehead atoms. The predicted molar refractivity (Wildman–Crippen MR) is 256 cm³/mol. The van der Waals surface area contributed by atoms with Gasteiger partial charge in [0.15, 0.2) is 0 Å². The average molecular weight is 893 g/mol. The van der Waals surface area contributed by atoms with Gasteiger partial charge in [-0.2, -0.15) is 23.5 Å². The molecule has 0 aliphatic rings. The summed E-state index contributed by atoms with van der Waals surface area (Å²) in [6, 6.07) is 26.9. The molecule has 4 rings (SSSR count). The van der Waals surface area contributed by atoms with Crippen LogP contribution in [0.15, 0.2) is 82.8 Å². The van der Waals surface area contributed by atoms with Crippen LogP contribution in [0.5, 0.6) is 11.5 Å². The maximum Gasteiger partial charge on any atom is 0.500 e. The van der Waals surface area contributed by atoms with Gasteiger partial charge in [-0.15, -0.1) is 0 Å². The van der Waals surface area contributed by atoms with Crippen LogP contribution in [0, 0.1) is 13.8 Å². The number of rotatable bonds is 27. The number of aliphatic imine (C=N–C) groups is 2. The smallest absolute Gasteiger partial charge is 0.500 e. The van der Waals surface area contributed by atoms with Gasteiger partial charge in [0, 0.05) is 78.3 Å². The molecule has 0 amide bonds. The average Bonchev–Trinajstić information content (AvgIpc) is 3.28. The zero-order valence-electron chi connectivity index (χ0n) is 36.6. The van der Waals surface area contributed by atoms with Crippen LogP contribution in [0.25, 0.3) is 22.3 Å². The largest absolute Gasteiger partial charge is 0.507 e. The van der Waals surface area contributed by atoms with E-state index in [1.54, 1.807) is 55.1 Å². The maximum absolute atomic E-state index is 10.8. The number of phenols is 2. The van der Waals surface area contributed by atoms with Crippen molar-refractivity contribution < 1.29 is 36.8 Å². The molecule has 60 heavy (non-hydrogen) atoms. The van der Waals surface area contributed by atoms with E-state index >= 15 is 0 Å². The van der Waals surface area contributed by atoms with E-state index in [1.165, 1.54) is 11.1 Å². The van der Waals surface area contributed by atoms with E-state index in [-0.39, 0.29) is 11.5 Å². The van der Waals surface area contributed by atoms with Crippen LogP contribution in [0.3, 0.4) is 0 Å². The van der Waals surface area contributed by atoms with Gasteiger partial charge in [-0.3, -0.25) is 9.98 Å². The summed E-state index contributed by atoms with van der Waals surface area (Å²) >= 11 is 3.86. The molecular weight excluding hydrogens is 829 g/mol. The minimum atomic E-state index is -2.50. The van der Waals surface area contributed by atoms with Crippen LogP contribution in [0.2, 0.25) is 12.1 Å². The zero-order valence-corrected chi connectivity index (χ0v) is 40.3. The van der Waals surface area contributed by atoms with Gasteiger partial charge in [-0.1, -0.05) is 48.5 Å². The Hall–Kier alpha value is -3.29. The summed E-state index contributed by atoms with van der Waals surface area (Å²) in [5.74, 6) is 4.59. The van der Waals surface area contributed by atoms with E-state index in [9.17, 15) is 10.2 Å². The van der Waals surface area contributed by atoms with Gasteiger partial charge >= 0.3 is 17.6 Å². The van der Waals surface area contributed by atoms with Crippen molar-refractivity contribution in [1.29, 1.82) is 0 Å². The Morgan fingerprint density at radius 1 is 0.500 bits per heavy atom. The molecule has 0 spiro atoms. The number of aromatic hydroxyl groups is 2. The number of phenolic OH excluding ortho intramolecular Hbond substituents is 2. The van der Waals surface area contributed by atoms with Crippen LogP contribution in [-0.2, 0) is 39.4 Å². The fourth-order valence-corrected chi connectivity index (χ4v) is 12.6. The molecule has 0 fully saturated rings. The van der Waals surface area contributed by atoms with Gasteiger partial charge in [0.2, 0.25) is 0 Å². The molecule has 0 atom stereocenters. The van der Waals surface area contributed by atoms with Crippen molar-refractivity contribution >= 4 is 53.6 Å². The number of hydrogen-bond acceptors (Lipinski definition) is 12.